The molecular weight excluding hydrogens is 276 g/mol. The summed E-state index contributed by atoms with van der Waals surface area (Å²) in [7, 11) is 0. The van der Waals surface area contributed by atoms with Gasteiger partial charge in [0.1, 0.15) is 5.69 Å². The smallest absolute Gasteiger partial charge is 0.204 e. The van der Waals surface area contributed by atoms with E-state index in [2.05, 4.69) is 15.3 Å². The molecule has 7 heteroatoms. The lowest BCUT2D eigenvalue weighted by Gasteiger charge is -2.13. The van der Waals surface area contributed by atoms with Gasteiger partial charge in [0.15, 0.2) is 0 Å². The zero-order valence-electron chi connectivity index (χ0n) is 12.1. The Hall–Kier alpha value is -1.31. The number of hydrogen-bond acceptors (Lipinski definition) is 6. The predicted octanol–water partition coefficient (Wildman–Crippen LogP) is 2.36. The van der Waals surface area contributed by atoms with Crippen LogP contribution in [0.3, 0.4) is 0 Å². The Morgan fingerprint density at radius 1 is 1.30 bits per heavy atom. The minimum absolute atomic E-state index is 0.427. The maximum atomic E-state index is 5.51. The van der Waals surface area contributed by atoms with Crippen molar-refractivity contribution in [2.45, 2.75) is 40.0 Å². The molecular formula is C13H20N4O2S. The van der Waals surface area contributed by atoms with Crippen molar-refractivity contribution in [1.82, 2.24) is 20.0 Å². The first kappa shape index (κ1) is 15.1. The van der Waals surface area contributed by atoms with Crippen LogP contribution in [-0.4, -0.2) is 33.2 Å². The zero-order valence-corrected chi connectivity index (χ0v) is 12.9. The van der Waals surface area contributed by atoms with Gasteiger partial charge in [-0.3, -0.25) is 4.68 Å². The van der Waals surface area contributed by atoms with Crippen LogP contribution in [0.25, 0.3) is 0 Å². The van der Waals surface area contributed by atoms with Crippen molar-refractivity contribution < 1.29 is 9.47 Å². The van der Waals surface area contributed by atoms with Crippen LogP contribution in [0.15, 0.2) is 11.7 Å². The Bertz CT molecular complexity index is 520. The van der Waals surface area contributed by atoms with Gasteiger partial charge in [-0.05, 0) is 20.8 Å². The third-order valence-corrected chi connectivity index (χ3v) is 3.84. The van der Waals surface area contributed by atoms with Gasteiger partial charge in [0.25, 0.3) is 0 Å². The molecule has 0 N–H and O–H groups in total. The second-order valence-corrected chi connectivity index (χ2v) is 5.20. The molecule has 2 aromatic heterocycles. The fourth-order valence-corrected chi connectivity index (χ4v) is 2.60. The van der Waals surface area contributed by atoms with E-state index in [-0.39, 0.29) is 0 Å². The highest BCUT2D eigenvalue weighted by Gasteiger charge is 2.15. The van der Waals surface area contributed by atoms with Gasteiger partial charge < -0.3 is 9.47 Å². The Labute approximate surface area is 122 Å². The summed E-state index contributed by atoms with van der Waals surface area (Å²) >= 11 is 1.68. The highest BCUT2D eigenvalue weighted by molar-refractivity contribution is 7.09. The maximum absolute atomic E-state index is 5.51. The number of aromatic nitrogens is 4. The Morgan fingerprint density at radius 3 is 2.65 bits per heavy atom. The molecule has 110 valence electrons. The van der Waals surface area contributed by atoms with Crippen molar-refractivity contribution in [2.24, 2.45) is 0 Å². The second-order valence-electron chi connectivity index (χ2n) is 4.26. The molecule has 0 spiro atoms. The van der Waals surface area contributed by atoms with E-state index in [4.69, 9.17) is 9.47 Å². The lowest BCUT2D eigenvalue weighted by molar-refractivity contribution is -0.142. The van der Waals surface area contributed by atoms with Gasteiger partial charge in [-0.2, -0.15) is 0 Å². The van der Waals surface area contributed by atoms with Crippen LogP contribution in [0.1, 0.15) is 36.4 Å². The van der Waals surface area contributed by atoms with E-state index in [1.807, 2.05) is 37.2 Å². The third kappa shape index (κ3) is 3.84. The molecule has 0 aromatic carbocycles. The molecule has 2 heterocycles. The summed E-state index contributed by atoms with van der Waals surface area (Å²) in [4.78, 5) is 5.53. The number of aryl methyl sites for hydroxylation is 3. The summed E-state index contributed by atoms with van der Waals surface area (Å²) in [5, 5.41) is 8.25. The standard InChI is InChI=1S/C13H20N4O2S/c1-4-18-13(19-5-2)11-8-17(16-15-11)7-6-12-10(3)14-9-20-12/h8-9,13H,4-7H2,1-3H3. The summed E-state index contributed by atoms with van der Waals surface area (Å²) in [6.45, 7) is 7.83. The quantitative estimate of drug-likeness (QED) is 0.700. The molecule has 0 aliphatic rings. The number of hydrogen-bond donors (Lipinski definition) is 0. The van der Waals surface area contributed by atoms with Gasteiger partial charge in [-0.1, -0.05) is 5.21 Å². The highest BCUT2D eigenvalue weighted by atomic mass is 32.1. The molecule has 20 heavy (non-hydrogen) atoms. The monoisotopic (exact) mass is 296 g/mol. The van der Waals surface area contributed by atoms with Gasteiger partial charge >= 0.3 is 0 Å². The lowest BCUT2D eigenvalue weighted by Crippen LogP contribution is -2.09. The van der Waals surface area contributed by atoms with Crippen molar-refractivity contribution in [3.05, 3.63) is 28.0 Å². The summed E-state index contributed by atoms with van der Waals surface area (Å²) in [6.07, 6.45) is 2.36. The van der Waals surface area contributed by atoms with E-state index in [9.17, 15) is 0 Å². The minimum Gasteiger partial charge on any atom is -0.347 e. The van der Waals surface area contributed by atoms with Gasteiger partial charge in [-0.25, -0.2) is 4.98 Å². The molecule has 2 rings (SSSR count). The maximum Gasteiger partial charge on any atom is 0.204 e. The van der Waals surface area contributed by atoms with Gasteiger partial charge in [0.05, 0.1) is 17.4 Å². The van der Waals surface area contributed by atoms with Crippen molar-refractivity contribution in [1.29, 1.82) is 0 Å². The van der Waals surface area contributed by atoms with E-state index >= 15 is 0 Å². The average molecular weight is 296 g/mol. The first-order valence-electron chi connectivity index (χ1n) is 6.76. The molecule has 0 saturated carbocycles. The van der Waals surface area contributed by atoms with Crippen molar-refractivity contribution in [3.8, 4) is 0 Å². The average Bonchev–Trinajstić information content (AvgIpc) is 3.05. The van der Waals surface area contributed by atoms with E-state index < -0.39 is 6.29 Å². The van der Waals surface area contributed by atoms with Crippen LogP contribution < -0.4 is 0 Å². The summed E-state index contributed by atoms with van der Waals surface area (Å²) < 4.78 is 12.8. The molecule has 0 aliphatic heterocycles. The van der Waals surface area contributed by atoms with Crippen LogP contribution in [-0.2, 0) is 22.4 Å². The fraction of sp³-hybridized carbons (Fsp3) is 0.615. The van der Waals surface area contributed by atoms with Crippen molar-refractivity contribution in [2.75, 3.05) is 13.2 Å². The molecule has 2 aromatic rings. The largest absolute Gasteiger partial charge is 0.347 e. The van der Waals surface area contributed by atoms with Crippen LogP contribution >= 0.6 is 11.3 Å². The Balaban J connectivity index is 1.95. The van der Waals surface area contributed by atoms with E-state index in [0.29, 0.717) is 13.2 Å². The van der Waals surface area contributed by atoms with E-state index in [1.54, 1.807) is 11.3 Å². The lowest BCUT2D eigenvalue weighted by atomic mass is 10.3. The van der Waals surface area contributed by atoms with Crippen LogP contribution in [0.2, 0.25) is 0 Å². The zero-order chi connectivity index (χ0) is 14.4. The van der Waals surface area contributed by atoms with Crippen molar-refractivity contribution >= 4 is 11.3 Å². The van der Waals surface area contributed by atoms with Gasteiger partial charge in [0, 0.05) is 31.1 Å². The number of rotatable bonds is 8. The molecule has 0 atom stereocenters. The molecule has 0 aliphatic carbocycles. The topological polar surface area (TPSA) is 62.1 Å². The molecule has 0 fully saturated rings. The molecule has 6 nitrogen and oxygen atoms in total. The normalized spacial score (nSPS) is 11.4. The van der Waals surface area contributed by atoms with Crippen molar-refractivity contribution in [3.63, 3.8) is 0 Å². The SMILES string of the molecule is CCOC(OCC)c1cn(CCc2scnc2C)nn1. The summed E-state index contributed by atoms with van der Waals surface area (Å²) in [5.41, 5.74) is 3.68. The highest BCUT2D eigenvalue weighted by Crippen LogP contribution is 2.17. The third-order valence-electron chi connectivity index (χ3n) is 2.85. The summed E-state index contributed by atoms with van der Waals surface area (Å²) in [6, 6.07) is 0. The molecule has 0 bridgehead atoms. The minimum atomic E-state index is -0.427. The van der Waals surface area contributed by atoms with E-state index in [1.165, 1.54) is 4.88 Å². The molecule has 0 radical (unpaired) electrons. The molecule has 0 unspecified atom stereocenters. The van der Waals surface area contributed by atoms with Crippen LogP contribution in [0, 0.1) is 6.92 Å². The molecule has 0 amide bonds. The number of thiazole rings is 1. The first-order chi connectivity index (χ1) is 9.74. The molecule has 0 saturated heterocycles. The van der Waals surface area contributed by atoms with Gasteiger partial charge in [-0.15, -0.1) is 16.4 Å². The Morgan fingerprint density at radius 2 is 2.05 bits per heavy atom. The van der Waals surface area contributed by atoms with Crippen LogP contribution in [0.5, 0.6) is 0 Å². The predicted molar refractivity (Wildman–Crippen MR) is 76.6 cm³/mol. The van der Waals surface area contributed by atoms with E-state index in [0.717, 1.165) is 24.4 Å². The first-order valence-corrected chi connectivity index (χ1v) is 7.64. The second kappa shape index (κ2) is 7.47. The number of nitrogens with zero attached hydrogens (tertiary/aromatic N) is 4. The Kier molecular flexibility index (Phi) is 5.63. The summed E-state index contributed by atoms with van der Waals surface area (Å²) in [5.74, 6) is 0. The van der Waals surface area contributed by atoms with Gasteiger partial charge in [0.2, 0.25) is 6.29 Å². The fourth-order valence-electron chi connectivity index (χ4n) is 1.83. The van der Waals surface area contributed by atoms with Crippen LogP contribution in [0.4, 0.5) is 0 Å². The number of ether oxygens (including phenoxy) is 2.